The monoisotopic (exact) mass is 372 g/mol. The Balaban J connectivity index is 1.79. The average Bonchev–Trinajstić information content (AvgIpc) is 3.10. The highest BCUT2D eigenvalue weighted by Gasteiger charge is 2.24. The summed E-state index contributed by atoms with van der Waals surface area (Å²) >= 11 is 5.77. The summed E-state index contributed by atoms with van der Waals surface area (Å²) in [7, 11) is 1.49. The lowest BCUT2D eigenvalue weighted by Crippen LogP contribution is -2.27. The van der Waals surface area contributed by atoms with Gasteiger partial charge in [0.2, 0.25) is 11.8 Å². The second kappa shape index (κ2) is 7.32. The van der Waals surface area contributed by atoms with Gasteiger partial charge in [0.05, 0.1) is 11.5 Å². The number of benzene rings is 2. The van der Waals surface area contributed by atoms with E-state index in [1.807, 2.05) is 30.3 Å². The van der Waals surface area contributed by atoms with Gasteiger partial charge in [-0.1, -0.05) is 29.8 Å². The summed E-state index contributed by atoms with van der Waals surface area (Å²) in [6.07, 6.45) is 0. The predicted octanol–water partition coefficient (Wildman–Crippen LogP) is 3.57. The summed E-state index contributed by atoms with van der Waals surface area (Å²) in [5.41, 5.74) is 0.336. The highest BCUT2D eigenvalue weighted by atomic mass is 35.5. The first-order valence-corrected chi connectivity index (χ1v) is 7.90. The molecule has 0 bridgehead atoms. The lowest BCUT2D eigenvalue weighted by Gasteiger charge is -2.15. The van der Waals surface area contributed by atoms with Crippen molar-refractivity contribution in [1.82, 2.24) is 15.1 Å². The van der Waals surface area contributed by atoms with Crippen molar-refractivity contribution in [3.63, 3.8) is 0 Å². The molecule has 0 aliphatic heterocycles. The third-order valence-corrected chi connectivity index (χ3v) is 3.83. The SMILES string of the molecule is CN(Cc1nnc(-c2ccccc2)o1)C(=O)c1ccc(Cl)cc1[N+](=O)[O-]. The van der Waals surface area contributed by atoms with E-state index in [0.29, 0.717) is 5.89 Å². The summed E-state index contributed by atoms with van der Waals surface area (Å²) in [6.45, 7) is 0.0123. The molecule has 0 fully saturated rings. The molecule has 26 heavy (non-hydrogen) atoms. The predicted molar refractivity (Wildman–Crippen MR) is 93.6 cm³/mol. The van der Waals surface area contributed by atoms with Gasteiger partial charge < -0.3 is 9.32 Å². The number of nitro groups is 1. The van der Waals surface area contributed by atoms with Crippen LogP contribution in [0, 0.1) is 10.1 Å². The van der Waals surface area contributed by atoms with Crippen LogP contribution in [0.5, 0.6) is 0 Å². The number of halogens is 1. The van der Waals surface area contributed by atoms with Crippen LogP contribution in [-0.2, 0) is 6.54 Å². The van der Waals surface area contributed by atoms with Gasteiger partial charge in [-0.3, -0.25) is 14.9 Å². The minimum atomic E-state index is -0.646. The van der Waals surface area contributed by atoms with Gasteiger partial charge in [-0.15, -0.1) is 10.2 Å². The van der Waals surface area contributed by atoms with E-state index in [2.05, 4.69) is 10.2 Å². The standard InChI is InChI=1S/C17H13ClN4O4/c1-21(17(23)13-8-7-12(18)9-14(13)22(24)25)10-15-19-20-16(26-15)11-5-3-2-4-6-11/h2-9H,10H2,1H3. The van der Waals surface area contributed by atoms with Gasteiger partial charge in [-0.25, -0.2) is 0 Å². The van der Waals surface area contributed by atoms with Crippen molar-refractivity contribution >= 4 is 23.2 Å². The van der Waals surface area contributed by atoms with Gasteiger partial charge in [-0.05, 0) is 24.3 Å². The van der Waals surface area contributed by atoms with Gasteiger partial charge in [-0.2, -0.15) is 0 Å². The van der Waals surface area contributed by atoms with Gasteiger partial charge in [0.15, 0.2) is 0 Å². The molecule has 1 amide bonds. The summed E-state index contributed by atoms with van der Waals surface area (Å²) in [5.74, 6) is 0.00284. The highest BCUT2D eigenvalue weighted by molar-refractivity contribution is 6.31. The van der Waals surface area contributed by atoms with Crippen molar-refractivity contribution in [2.45, 2.75) is 6.54 Å². The van der Waals surface area contributed by atoms with E-state index in [1.54, 1.807) is 0 Å². The molecule has 0 aliphatic carbocycles. The number of carbonyl (C=O) groups is 1. The molecule has 0 saturated carbocycles. The maximum Gasteiger partial charge on any atom is 0.283 e. The molecule has 8 nitrogen and oxygen atoms in total. The Hall–Kier alpha value is -3.26. The Bertz CT molecular complexity index is 958. The normalized spacial score (nSPS) is 10.5. The molecule has 0 spiro atoms. The Labute approximate surface area is 153 Å². The Kier molecular flexibility index (Phi) is 4.94. The van der Waals surface area contributed by atoms with Crippen molar-refractivity contribution in [3.05, 3.63) is 75.1 Å². The average molecular weight is 373 g/mol. The largest absolute Gasteiger partial charge is 0.419 e. The fraction of sp³-hybridized carbons (Fsp3) is 0.118. The van der Waals surface area contributed by atoms with E-state index in [1.165, 1.54) is 24.1 Å². The van der Waals surface area contributed by atoms with Crippen molar-refractivity contribution in [2.75, 3.05) is 7.05 Å². The van der Waals surface area contributed by atoms with E-state index in [4.69, 9.17) is 16.0 Å². The maximum absolute atomic E-state index is 12.6. The second-order valence-corrected chi connectivity index (χ2v) is 5.88. The van der Waals surface area contributed by atoms with Crippen LogP contribution in [0.3, 0.4) is 0 Å². The fourth-order valence-corrected chi connectivity index (χ4v) is 2.50. The third kappa shape index (κ3) is 3.70. The Morgan fingerprint density at radius 1 is 1.23 bits per heavy atom. The van der Waals surface area contributed by atoms with E-state index < -0.39 is 10.8 Å². The fourth-order valence-electron chi connectivity index (χ4n) is 2.33. The molecule has 9 heteroatoms. The minimum absolute atomic E-state index is 0.0123. The molecule has 0 unspecified atom stereocenters. The van der Waals surface area contributed by atoms with Gasteiger partial charge in [0.1, 0.15) is 5.56 Å². The molecule has 0 aliphatic rings. The first kappa shape index (κ1) is 17.6. The number of hydrogen-bond acceptors (Lipinski definition) is 6. The van der Waals surface area contributed by atoms with Crippen molar-refractivity contribution in [3.8, 4) is 11.5 Å². The molecule has 2 aromatic carbocycles. The molecule has 0 N–H and O–H groups in total. The number of nitrogens with zero attached hydrogens (tertiary/aromatic N) is 4. The van der Waals surface area contributed by atoms with Gasteiger partial charge >= 0.3 is 0 Å². The molecule has 132 valence electrons. The van der Waals surface area contributed by atoms with Crippen LogP contribution in [0.1, 0.15) is 16.2 Å². The van der Waals surface area contributed by atoms with E-state index >= 15 is 0 Å². The van der Waals surface area contributed by atoms with E-state index in [9.17, 15) is 14.9 Å². The maximum atomic E-state index is 12.6. The Morgan fingerprint density at radius 2 is 1.96 bits per heavy atom. The quantitative estimate of drug-likeness (QED) is 0.501. The Morgan fingerprint density at radius 3 is 2.65 bits per heavy atom. The van der Waals surface area contributed by atoms with Crippen molar-refractivity contribution in [1.29, 1.82) is 0 Å². The van der Waals surface area contributed by atoms with Crippen molar-refractivity contribution in [2.24, 2.45) is 0 Å². The van der Waals surface area contributed by atoms with Crippen LogP contribution in [0.15, 0.2) is 52.9 Å². The van der Waals surface area contributed by atoms with E-state index in [0.717, 1.165) is 11.6 Å². The molecule has 0 atom stereocenters. The number of hydrogen-bond donors (Lipinski definition) is 0. The number of amides is 1. The zero-order valence-corrected chi connectivity index (χ0v) is 14.4. The smallest absolute Gasteiger partial charge is 0.283 e. The molecular weight excluding hydrogens is 360 g/mol. The zero-order valence-electron chi connectivity index (χ0n) is 13.6. The number of carbonyl (C=O) groups excluding carboxylic acids is 1. The molecule has 1 aromatic heterocycles. The lowest BCUT2D eigenvalue weighted by atomic mass is 10.1. The molecule has 3 rings (SSSR count). The lowest BCUT2D eigenvalue weighted by molar-refractivity contribution is -0.385. The summed E-state index contributed by atoms with van der Waals surface area (Å²) in [6, 6.07) is 13.1. The zero-order chi connectivity index (χ0) is 18.7. The second-order valence-electron chi connectivity index (χ2n) is 5.45. The first-order valence-electron chi connectivity index (χ1n) is 7.53. The summed E-state index contributed by atoms with van der Waals surface area (Å²) in [5, 5.41) is 19.2. The van der Waals surface area contributed by atoms with Gasteiger partial charge in [0.25, 0.3) is 11.6 Å². The van der Waals surface area contributed by atoms with Crippen LogP contribution in [0.2, 0.25) is 5.02 Å². The molecule has 3 aromatic rings. The van der Waals surface area contributed by atoms with Crippen LogP contribution in [0.4, 0.5) is 5.69 Å². The summed E-state index contributed by atoms with van der Waals surface area (Å²) in [4.78, 5) is 24.3. The van der Waals surface area contributed by atoms with Crippen LogP contribution in [0.25, 0.3) is 11.5 Å². The number of aromatic nitrogens is 2. The van der Waals surface area contributed by atoms with Crippen molar-refractivity contribution < 1.29 is 14.1 Å². The molecule has 0 radical (unpaired) electrons. The summed E-state index contributed by atoms with van der Waals surface area (Å²) < 4.78 is 5.55. The molecular formula is C17H13ClN4O4. The van der Waals surface area contributed by atoms with E-state index in [-0.39, 0.29) is 28.7 Å². The van der Waals surface area contributed by atoms with Crippen LogP contribution >= 0.6 is 11.6 Å². The van der Waals surface area contributed by atoms with Crippen LogP contribution < -0.4 is 0 Å². The van der Waals surface area contributed by atoms with Gasteiger partial charge in [0, 0.05) is 23.7 Å². The number of nitro benzene ring substituents is 1. The first-order chi connectivity index (χ1) is 12.5. The van der Waals surface area contributed by atoms with Crippen LogP contribution in [-0.4, -0.2) is 33.0 Å². The third-order valence-electron chi connectivity index (χ3n) is 3.59. The molecule has 1 heterocycles. The highest BCUT2D eigenvalue weighted by Crippen LogP contribution is 2.25. The number of rotatable bonds is 5. The topological polar surface area (TPSA) is 102 Å². The minimum Gasteiger partial charge on any atom is -0.419 e. The molecule has 0 saturated heterocycles.